The van der Waals surface area contributed by atoms with E-state index in [4.69, 9.17) is 0 Å². The van der Waals surface area contributed by atoms with Crippen molar-refractivity contribution in [3.8, 4) is 5.75 Å². The quantitative estimate of drug-likeness (QED) is 0.653. The Bertz CT molecular complexity index is 733. The smallest absolute Gasteiger partial charge is 0.310 e. The van der Waals surface area contributed by atoms with E-state index in [2.05, 4.69) is 26.2 Å². The lowest BCUT2D eigenvalue weighted by Crippen LogP contribution is -2.13. The minimum Gasteiger partial charge on any atom is -0.502 e. The Labute approximate surface area is 127 Å². The molecule has 7 nitrogen and oxygen atoms in total. The van der Waals surface area contributed by atoms with Crippen LogP contribution in [0.25, 0.3) is 0 Å². The minimum atomic E-state index is -0.726. The molecule has 1 aromatic heterocycles. The highest BCUT2D eigenvalue weighted by molar-refractivity contribution is 9.10. The fourth-order valence-corrected chi connectivity index (χ4v) is 1.84. The Kier molecular flexibility index (Phi) is 4.18. The van der Waals surface area contributed by atoms with Crippen LogP contribution in [0.15, 0.2) is 34.8 Å². The van der Waals surface area contributed by atoms with Gasteiger partial charge in [-0.2, -0.15) is 0 Å². The predicted molar refractivity (Wildman–Crippen MR) is 79.4 cm³/mol. The maximum absolute atomic E-state index is 12.0. The number of nitrogens with zero attached hydrogens (tertiary/aromatic N) is 2. The monoisotopic (exact) mass is 351 g/mol. The van der Waals surface area contributed by atoms with Crippen LogP contribution in [-0.4, -0.2) is 20.9 Å². The number of phenols is 1. The normalized spacial score (nSPS) is 10.2. The number of nitro groups is 1. The molecule has 8 heteroatoms. The van der Waals surface area contributed by atoms with Gasteiger partial charge in [-0.3, -0.25) is 14.9 Å². The first-order valence-corrected chi connectivity index (χ1v) is 6.59. The lowest BCUT2D eigenvalue weighted by Gasteiger charge is -2.06. The Morgan fingerprint density at radius 2 is 2.10 bits per heavy atom. The molecular weight excluding hydrogens is 342 g/mol. The number of hydrogen-bond acceptors (Lipinski definition) is 5. The number of aryl methyl sites for hydroxylation is 1. The molecule has 0 saturated heterocycles. The van der Waals surface area contributed by atoms with Crippen LogP contribution in [0.4, 0.5) is 11.5 Å². The highest BCUT2D eigenvalue weighted by atomic mass is 79.9. The van der Waals surface area contributed by atoms with Crippen LogP contribution in [0.1, 0.15) is 16.1 Å². The maximum atomic E-state index is 12.0. The van der Waals surface area contributed by atoms with E-state index >= 15 is 0 Å². The number of amides is 1. The first-order valence-electron chi connectivity index (χ1n) is 5.80. The number of phenolic OH excluding ortho intramolecular Hbond substituents is 1. The zero-order chi connectivity index (χ0) is 15.6. The van der Waals surface area contributed by atoms with Gasteiger partial charge in [0.2, 0.25) is 0 Å². The number of nitro benzene ring substituents is 1. The Balaban J connectivity index is 2.22. The fraction of sp³-hybridized carbons (Fsp3) is 0.0769. The van der Waals surface area contributed by atoms with Gasteiger partial charge in [-0.05, 0) is 47.1 Å². The SMILES string of the molecule is Cc1nc(NC(=O)c2ccc([N+](=O)[O-])c(O)c2)ccc1Br. The van der Waals surface area contributed by atoms with Crippen LogP contribution in [0.3, 0.4) is 0 Å². The molecule has 0 spiro atoms. The van der Waals surface area contributed by atoms with Crippen molar-refractivity contribution < 1.29 is 14.8 Å². The van der Waals surface area contributed by atoms with Crippen molar-refractivity contribution in [3.05, 3.63) is 56.2 Å². The molecule has 2 rings (SSSR count). The van der Waals surface area contributed by atoms with Crippen molar-refractivity contribution in [1.82, 2.24) is 4.98 Å². The van der Waals surface area contributed by atoms with Gasteiger partial charge in [0.15, 0.2) is 5.75 Å². The van der Waals surface area contributed by atoms with Crippen molar-refractivity contribution in [2.75, 3.05) is 5.32 Å². The molecule has 2 aromatic rings. The number of aromatic hydroxyl groups is 1. The molecular formula is C13H10BrN3O4. The van der Waals surface area contributed by atoms with Gasteiger partial charge in [-0.1, -0.05) is 0 Å². The zero-order valence-corrected chi connectivity index (χ0v) is 12.4. The fourth-order valence-electron chi connectivity index (χ4n) is 1.62. The second-order valence-electron chi connectivity index (χ2n) is 4.18. The summed E-state index contributed by atoms with van der Waals surface area (Å²) in [5.74, 6) is -0.736. The number of carbonyl (C=O) groups excluding carboxylic acids is 1. The van der Waals surface area contributed by atoms with Gasteiger partial charge in [0.25, 0.3) is 5.91 Å². The molecule has 2 N–H and O–H groups in total. The standard InChI is InChI=1S/C13H10BrN3O4/c1-7-9(14)3-5-12(15-7)16-13(19)8-2-4-10(17(20)21)11(18)6-8/h2-6,18H,1H3,(H,15,16,19). The molecule has 0 bridgehead atoms. The molecule has 0 saturated carbocycles. The number of hydrogen-bond donors (Lipinski definition) is 2. The van der Waals surface area contributed by atoms with E-state index in [-0.39, 0.29) is 5.56 Å². The summed E-state index contributed by atoms with van der Waals surface area (Å²) in [4.78, 5) is 26.0. The van der Waals surface area contributed by atoms with Gasteiger partial charge in [0.05, 0.1) is 10.6 Å². The molecule has 0 unspecified atom stereocenters. The number of pyridine rings is 1. The van der Waals surface area contributed by atoms with E-state index in [1.54, 1.807) is 19.1 Å². The predicted octanol–water partition coefficient (Wildman–Crippen LogP) is 3.02. The number of carbonyl (C=O) groups is 1. The third-order valence-corrected chi connectivity index (χ3v) is 3.54. The highest BCUT2D eigenvalue weighted by Gasteiger charge is 2.16. The van der Waals surface area contributed by atoms with Crippen LogP contribution in [-0.2, 0) is 0 Å². The first kappa shape index (κ1) is 14.9. The van der Waals surface area contributed by atoms with Gasteiger partial charge in [-0.25, -0.2) is 4.98 Å². The minimum absolute atomic E-state index is 0.0977. The average Bonchev–Trinajstić information content (AvgIpc) is 2.42. The third kappa shape index (κ3) is 3.34. The highest BCUT2D eigenvalue weighted by Crippen LogP contribution is 2.26. The molecule has 1 amide bonds. The number of nitrogens with one attached hydrogen (secondary N) is 1. The second-order valence-corrected chi connectivity index (χ2v) is 5.03. The van der Waals surface area contributed by atoms with E-state index < -0.39 is 22.3 Å². The van der Waals surface area contributed by atoms with Gasteiger partial charge < -0.3 is 10.4 Å². The average molecular weight is 352 g/mol. The van der Waals surface area contributed by atoms with Crippen LogP contribution < -0.4 is 5.32 Å². The van der Waals surface area contributed by atoms with Gasteiger partial charge in [0.1, 0.15) is 5.82 Å². The molecule has 1 aromatic carbocycles. The number of halogens is 1. The van der Waals surface area contributed by atoms with Gasteiger partial charge >= 0.3 is 5.69 Å². The van der Waals surface area contributed by atoms with E-state index in [9.17, 15) is 20.0 Å². The summed E-state index contributed by atoms with van der Waals surface area (Å²) < 4.78 is 0.813. The Morgan fingerprint density at radius 3 is 2.67 bits per heavy atom. The van der Waals surface area contributed by atoms with Crippen LogP contribution in [0, 0.1) is 17.0 Å². The molecule has 1 heterocycles. The Hall–Kier alpha value is -2.48. The number of rotatable bonds is 3. The summed E-state index contributed by atoms with van der Waals surface area (Å²) in [6.45, 7) is 1.78. The second kappa shape index (κ2) is 5.88. The van der Waals surface area contributed by atoms with Crippen LogP contribution >= 0.6 is 15.9 Å². The summed E-state index contributed by atoms with van der Waals surface area (Å²) in [7, 11) is 0. The molecule has 0 aliphatic heterocycles. The molecule has 21 heavy (non-hydrogen) atoms. The topological polar surface area (TPSA) is 105 Å². The van der Waals surface area contributed by atoms with Crippen molar-refractivity contribution in [3.63, 3.8) is 0 Å². The van der Waals surface area contributed by atoms with E-state index in [0.717, 1.165) is 16.6 Å². The Morgan fingerprint density at radius 1 is 1.38 bits per heavy atom. The molecule has 0 atom stereocenters. The first-order chi connectivity index (χ1) is 9.88. The lowest BCUT2D eigenvalue weighted by molar-refractivity contribution is -0.385. The number of aromatic nitrogens is 1. The van der Waals surface area contributed by atoms with Crippen LogP contribution in [0.2, 0.25) is 0 Å². The number of benzene rings is 1. The van der Waals surface area contributed by atoms with E-state index in [0.29, 0.717) is 11.5 Å². The van der Waals surface area contributed by atoms with E-state index in [1.807, 2.05) is 0 Å². The van der Waals surface area contributed by atoms with Gasteiger partial charge in [0, 0.05) is 16.1 Å². The van der Waals surface area contributed by atoms with Crippen molar-refractivity contribution in [2.24, 2.45) is 0 Å². The third-order valence-electron chi connectivity index (χ3n) is 2.70. The maximum Gasteiger partial charge on any atom is 0.310 e. The molecule has 0 aliphatic carbocycles. The van der Waals surface area contributed by atoms with Crippen molar-refractivity contribution in [2.45, 2.75) is 6.92 Å². The van der Waals surface area contributed by atoms with Crippen molar-refractivity contribution in [1.29, 1.82) is 0 Å². The zero-order valence-electron chi connectivity index (χ0n) is 10.8. The van der Waals surface area contributed by atoms with Crippen LogP contribution in [0.5, 0.6) is 5.75 Å². The van der Waals surface area contributed by atoms with Crippen molar-refractivity contribution >= 4 is 33.3 Å². The largest absolute Gasteiger partial charge is 0.502 e. The molecule has 108 valence electrons. The number of anilines is 1. The molecule has 0 radical (unpaired) electrons. The van der Waals surface area contributed by atoms with E-state index in [1.165, 1.54) is 6.07 Å². The summed E-state index contributed by atoms with van der Waals surface area (Å²) in [5, 5.41) is 22.7. The summed E-state index contributed by atoms with van der Waals surface area (Å²) >= 11 is 3.30. The summed E-state index contributed by atoms with van der Waals surface area (Å²) in [6.07, 6.45) is 0. The van der Waals surface area contributed by atoms with Gasteiger partial charge in [-0.15, -0.1) is 0 Å². The summed E-state index contributed by atoms with van der Waals surface area (Å²) in [6, 6.07) is 6.73. The molecule has 0 fully saturated rings. The summed E-state index contributed by atoms with van der Waals surface area (Å²) in [5.41, 5.74) is 0.351. The lowest BCUT2D eigenvalue weighted by atomic mass is 10.2. The molecule has 0 aliphatic rings.